The molecule has 0 unspecified atom stereocenters. The number of benzene rings is 2. The second-order valence-corrected chi connectivity index (χ2v) is 12.2. The summed E-state index contributed by atoms with van der Waals surface area (Å²) < 4.78 is 0. The molecule has 0 aromatic heterocycles. The number of amides is 2. The second kappa shape index (κ2) is 24.2. The summed E-state index contributed by atoms with van der Waals surface area (Å²) >= 11 is 0. The Labute approximate surface area is 329 Å². The van der Waals surface area contributed by atoms with E-state index in [9.17, 15) is 39.3 Å². The first kappa shape index (κ1) is 44.0. The molecule has 2 aromatic carbocycles. The van der Waals surface area contributed by atoms with Crippen LogP contribution in [0.2, 0.25) is 0 Å². The first-order valence-corrected chi connectivity index (χ1v) is 16.5. The summed E-state index contributed by atoms with van der Waals surface area (Å²) in [6.45, 7) is 1.18. The van der Waals surface area contributed by atoms with Gasteiger partial charge in [0.25, 0.3) is 5.91 Å². The van der Waals surface area contributed by atoms with Crippen molar-refractivity contribution in [2.24, 2.45) is 5.73 Å². The van der Waals surface area contributed by atoms with E-state index in [0.717, 1.165) is 16.7 Å². The molecule has 16 nitrogen and oxygen atoms in total. The van der Waals surface area contributed by atoms with Gasteiger partial charge in [0.05, 0.1) is 37.1 Å². The minimum absolute atomic E-state index is 0. The third-order valence-electron chi connectivity index (χ3n) is 8.20. The summed E-state index contributed by atoms with van der Waals surface area (Å²) in [6, 6.07) is 16.3. The number of rotatable bonds is 17. The smallest absolute Gasteiger partial charge is 0.549 e. The van der Waals surface area contributed by atoms with Gasteiger partial charge in [-0.1, -0.05) is 54.6 Å². The number of aryl methyl sites for hydroxylation is 1. The molecule has 0 spiro atoms. The Hall–Kier alpha value is -3.13. The summed E-state index contributed by atoms with van der Waals surface area (Å²) in [5.41, 5.74) is 11.1. The molecule has 0 saturated carbocycles. The van der Waals surface area contributed by atoms with Crippen LogP contribution in [0.1, 0.15) is 23.1 Å². The van der Waals surface area contributed by atoms with Crippen LogP contribution in [0, 0.1) is 39.9 Å². The third-order valence-corrected chi connectivity index (χ3v) is 8.20. The first-order chi connectivity index (χ1) is 24.0. The monoisotopic (exact) mass is 854 g/mol. The van der Waals surface area contributed by atoms with Gasteiger partial charge in [0.15, 0.2) is 0 Å². The number of carboxylic acid groups (broad SMARTS) is 3. The minimum Gasteiger partial charge on any atom is -0.549 e. The number of hydrogen-bond donors (Lipinski definition) is 3. The summed E-state index contributed by atoms with van der Waals surface area (Å²) in [4.78, 5) is 71.1. The van der Waals surface area contributed by atoms with E-state index in [2.05, 4.69) is 10.8 Å². The molecule has 1 atom stereocenters. The Morgan fingerprint density at radius 3 is 1.53 bits per heavy atom. The van der Waals surface area contributed by atoms with E-state index in [1.54, 1.807) is 14.7 Å². The summed E-state index contributed by atoms with van der Waals surface area (Å²) in [6.07, 6.45) is 1.15. The van der Waals surface area contributed by atoms with Gasteiger partial charge in [-0.3, -0.25) is 34.0 Å². The summed E-state index contributed by atoms with van der Waals surface area (Å²) in [7, 11) is 0. The van der Waals surface area contributed by atoms with Crippen molar-refractivity contribution in [2.45, 2.75) is 32.0 Å². The van der Waals surface area contributed by atoms with Crippen LogP contribution < -0.4 is 31.9 Å². The molecule has 1 heterocycles. The molecule has 1 aliphatic heterocycles. The Kier molecular flexibility index (Phi) is 20.9. The van der Waals surface area contributed by atoms with Crippen molar-refractivity contribution in [1.29, 1.82) is 0 Å². The van der Waals surface area contributed by atoms with Crippen molar-refractivity contribution in [3.05, 3.63) is 71.3 Å². The fourth-order valence-corrected chi connectivity index (χ4v) is 5.34. The topological polar surface area (TPSA) is 227 Å². The Morgan fingerprint density at radius 1 is 0.647 bits per heavy atom. The zero-order valence-corrected chi connectivity index (χ0v) is 30.7. The van der Waals surface area contributed by atoms with Gasteiger partial charge < -0.3 is 40.8 Å². The molecule has 51 heavy (non-hydrogen) atoms. The second-order valence-electron chi connectivity index (χ2n) is 12.2. The van der Waals surface area contributed by atoms with E-state index in [0.29, 0.717) is 25.9 Å². The molecule has 4 N–H and O–H groups in total. The van der Waals surface area contributed by atoms with Crippen molar-refractivity contribution in [2.75, 3.05) is 78.5 Å². The van der Waals surface area contributed by atoms with Gasteiger partial charge in [-0.05, 0) is 29.5 Å². The molecule has 1 radical (unpaired) electrons. The zero-order chi connectivity index (χ0) is 36.3. The van der Waals surface area contributed by atoms with E-state index >= 15 is 0 Å². The van der Waals surface area contributed by atoms with Crippen LogP contribution in [0.5, 0.6) is 0 Å². The maximum Gasteiger partial charge on any atom is 3.00 e. The normalized spacial score (nSPS) is 16.1. The maximum absolute atomic E-state index is 13.0. The van der Waals surface area contributed by atoms with Gasteiger partial charge in [0.1, 0.15) is 0 Å². The SMILES string of the molecule is N[C@H](CCc1ccccc1)C(=O)NOCc1ccc(CNC(=O)CN2CCN(CC(=O)[O-])CCN(CC(=O)[O-])CCN(CC(=O)[O-])CC2)cc1.[Gd+3]. The molecule has 3 rings (SSSR count). The number of hydrogen-bond acceptors (Lipinski definition) is 14. The fourth-order valence-electron chi connectivity index (χ4n) is 5.34. The molecule has 1 fully saturated rings. The maximum atomic E-state index is 13.0. The molecule has 0 aliphatic carbocycles. The number of carbonyl (C=O) groups excluding carboxylic acids is 5. The molecule has 0 bridgehead atoms. The van der Waals surface area contributed by atoms with E-state index in [-0.39, 0.29) is 124 Å². The number of nitrogens with two attached hydrogens (primary N) is 1. The Morgan fingerprint density at radius 2 is 1.08 bits per heavy atom. The predicted molar refractivity (Wildman–Crippen MR) is 175 cm³/mol. The molecule has 17 heteroatoms. The van der Waals surface area contributed by atoms with Gasteiger partial charge in [0, 0.05) is 78.5 Å². The van der Waals surface area contributed by atoms with Gasteiger partial charge >= 0.3 is 39.9 Å². The van der Waals surface area contributed by atoms with Crippen LogP contribution in [0.15, 0.2) is 54.6 Å². The predicted octanol–water partition coefficient (Wildman–Crippen LogP) is -4.72. The molecule has 279 valence electrons. The summed E-state index contributed by atoms with van der Waals surface area (Å²) in [5, 5.41) is 36.8. The van der Waals surface area contributed by atoms with Crippen molar-refractivity contribution in [3.63, 3.8) is 0 Å². The van der Waals surface area contributed by atoms with Crippen LogP contribution in [0.4, 0.5) is 0 Å². The molecule has 1 aliphatic rings. The third kappa shape index (κ3) is 18.8. The number of carbonyl (C=O) groups is 5. The first-order valence-electron chi connectivity index (χ1n) is 16.5. The average molecular weight is 854 g/mol. The van der Waals surface area contributed by atoms with E-state index in [1.165, 1.54) is 0 Å². The zero-order valence-electron chi connectivity index (χ0n) is 28.5. The van der Waals surface area contributed by atoms with Crippen molar-refractivity contribution in [1.82, 2.24) is 30.4 Å². The number of hydroxylamine groups is 1. The summed E-state index contributed by atoms with van der Waals surface area (Å²) in [5.74, 6) is -4.55. The van der Waals surface area contributed by atoms with Crippen LogP contribution in [0.25, 0.3) is 0 Å². The largest absolute Gasteiger partial charge is 3.00 e. The molecule has 1 saturated heterocycles. The average Bonchev–Trinajstić information content (AvgIpc) is 3.07. The Bertz CT molecular complexity index is 1360. The van der Waals surface area contributed by atoms with Gasteiger partial charge in [-0.2, -0.15) is 0 Å². The quantitative estimate of drug-likeness (QED) is 0.127. The van der Waals surface area contributed by atoms with E-state index in [4.69, 9.17) is 10.6 Å². The van der Waals surface area contributed by atoms with E-state index in [1.807, 2.05) is 59.5 Å². The van der Waals surface area contributed by atoms with Crippen LogP contribution in [-0.4, -0.2) is 134 Å². The van der Waals surface area contributed by atoms with Crippen LogP contribution in [0.3, 0.4) is 0 Å². The van der Waals surface area contributed by atoms with Crippen molar-refractivity contribution < 1.29 is 84.1 Å². The molecule has 2 amide bonds. The minimum atomic E-state index is -1.30. The fraction of sp³-hybridized carbons (Fsp3) is 0.500. The molecular weight excluding hydrogens is 808 g/mol. The number of nitrogens with one attached hydrogen (secondary N) is 2. The van der Waals surface area contributed by atoms with Gasteiger partial charge in [0.2, 0.25) is 5.91 Å². The van der Waals surface area contributed by atoms with Gasteiger partial charge in [-0.25, -0.2) is 5.48 Å². The standard InChI is InChI=1S/C34H49N7O9.Gd/c35-29(11-10-26-4-2-1-3-5-26)34(49)37-50-25-28-8-6-27(7-9-28)20-36-30(42)21-38-12-14-39(22-31(43)44)16-18-41(24-33(47)48)19-17-40(15-13-38)23-32(45)46;/h1-9,29H,10-25,35H2,(H,36,42)(H,37,49)(H,43,44)(H,45,46)(H,47,48);/q;+3/p-3/t29-;/m1./s1. The number of aliphatic carboxylic acids is 3. The van der Waals surface area contributed by atoms with Crippen molar-refractivity contribution >= 4 is 29.7 Å². The van der Waals surface area contributed by atoms with Crippen molar-refractivity contribution in [3.8, 4) is 0 Å². The molecular formula is C34H46GdN7O9. The Balaban J connectivity index is 0.00000901. The van der Waals surface area contributed by atoms with Crippen LogP contribution in [-0.2, 0) is 48.4 Å². The van der Waals surface area contributed by atoms with E-state index < -0.39 is 29.9 Å². The number of carboxylic acids is 3. The molecule has 2 aromatic rings. The number of nitrogens with zero attached hydrogens (tertiary/aromatic N) is 4. The van der Waals surface area contributed by atoms with Gasteiger partial charge in [-0.15, -0.1) is 0 Å². The van der Waals surface area contributed by atoms with Crippen LogP contribution >= 0.6 is 0 Å².